The minimum Gasteiger partial charge on any atom is -0.397 e. The lowest BCUT2D eigenvalue weighted by molar-refractivity contribution is -0.137. The number of benzene rings is 2. The Labute approximate surface area is 131 Å². The van der Waals surface area contributed by atoms with E-state index in [-0.39, 0.29) is 17.3 Å². The molecule has 23 heavy (non-hydrogen) atoms. The van der Waals surface area contributed by atoms with E-state index >= 15 is 0 Å². The Morgan fingerprint density at radius 2 is 1.91 bits per heavy atom. The Kier molecular flexibility index (Phi) is 4.78. The van der Waals surface area contributed by atoms with Crippen molar-refractivity contribution in [2.24, 2.45) is 0 Å². The summed E-state index contributed by atoms with van der Waals surface area (Å²) in [5, 5.41) is 5.47. The highest BCUT2D eigenvalue weighted by molar-refractivity contribution is 5.96. The average Bonchev–Trinajstić information content (AvgIpc) is 2.49. The van der Waals surface area contributed by atoms with Gasteiger partial charge < -0.3 is 16.4 Å². The number of rotatable bonds is 4. The van der Waals surface area contributed by atoms with Gasteiger partial charge in [0.05, 0.1) is 16.9 Å². The molecule has 0 heterocycles. The second kappa shape index (κ2) is 6.60. The lowest BCUT2D eigenvalue weighted by atomic mass is 10.1. The molecular weight excluding hydrogens is 307 g/mol. The van der Waals surface area contributed by atoms with Gasteiger partial charge in [-0.15, -0.1) is 0 Å². The topological polar surface area (TPSA) is 67.2 Å². The summed E-state index contributed by atoms with van der Waals surface area (Å²) >= 11 is 0. The molecule has 2 rings (SSSR count). The van der Waals surface area contributed by atoms with Crippen LogP contribution in [0.2, 0.25) is 0 Å². The first-order chi connectivity index (χ1) is 10.8. The molecule has 0 bridgehead atoms. The molecule has 4 nitrogen and oxygen atoms in total. The molecule has 0 unspecified atom stereocenters. The van der Waals surface area contributed by atoms with Crippen LogP contribution in [0.5, 0.6) is 0 Å². The van der Waals surface area contributed by atoms with E-state index in [4.69, 9.17) is 5.73 Å². The number of hydrogen-bond acceptors (Lipinski definition) is 3. The maximum Gasteiger partial charge on any atom is 0.416 e. The maximum absolute atomic E-state index is 12.7. The number of carbonyl (C=O) groups excluding carboxylic acids is 1. The van der Waals surface area contributed by atoms with Gasteiger partial charge in [-0.2, -0.15) is 13.2 Å². The summed E-state index contributed by atoms with van der Waals surface area (Å²) in [6.07, 6.45) is -4.41. The van der Waals surface area contributed by atoms with E-state index in [0.29, 0.717) is 17.8 Å². The fraction of sp³-hybridized carbons (Fsp3) is 0.188. The smallest absolute Gasteiger partial charge is 0.397 e. The number of halogens is 3. The normalized spacial score (nSPS) is 11.1. The third-order valence-electron chi connectivity index (χ3n) is 3.12. The summed E-state index contributed by atoms with van der Waals surface area (Å²) in [5.74, 6) is -0.259. The summed E-state index contributed by atoms with van der Waals surface area (Å²) < 4.78 is 38.1. The first-order valence-electron chi connectivity index (χ1n) is 6.93. The molecule has 2 aromatic carbocycles. The molecule has 0 atom stereocenters. The maximum atomic E-state index is 12.7. The molecule has 0 saturated heterocycles. The molecule has 0 spiro atoms. The van der Waals surface area contributed by atoms with E-state index < -0.39 is 11.7 Å². The highest BCUT2D eigenvalue weighted by Gasteiger charge is 2.30. The summed E-state index contributed by atoms with van der Waals surface area (Å²) in [6.45, 7) is 2.29. The number of carbonyl (C=O) groups is 1. The monoisotopic (exact) mass is 323 g/mol. The third kappa shape index (κ3) is 4.15. The predicted octanol–water partition coefficient (Wildman–Crippen LogP) is 3.78. The van der Waals surface area contributed by atoms with Gasteiger partial charge in [0.1, 0.15) is 0 Å². The number of anilines is 3. The molecule has 0 radical (unpaired) electrons. The van der Waals surface area contributed by atoms with Crippen LogP contribution >= 0.6 is 0 Å². The molecule has 0 fully saturated rings. The zero-order chi connectivity index (χ0) is 17.0. The van der Waals surface area contributed by atoms with Crippen molar-refractivity contribution in [3.63, 3.8) is 0 Å². The van der Waals surface area contributed by atoms with Crippen molar-refractivity contribution >= 4 is 23.0 Å². The number of nitrogens with one attached hydrogen (secondary N) is 2. The molecule has 0 saturated carbocycles. The fourth-order valence-corrected chi connectivity index (χ4v) is 2.01. The van der Waals surface area contributed by atoms with Crippen LogP contribution in [0.15, 0.2) is 42.5 Å². The van der Waals surface area contributed by atoms with Crippen LogP contribution in [0, 0.1) is 0 Å². The van der Waals surface area contributed by atoms with Gasteiger partial charge in [-0.3, -0.25) is 4.79 Å². The van der Waals surface area contributed by atoms with Gasteiger partial charge in [-0.05, 0) is 43.3 Å². The van der Waals surface area contributed by atoms with E-state index in [0.717, 1.165) is 12.1 Å². The molecule has 1 amide bonds. The summed E-state index contributed by atoms with van der Waals surface area (Å²) in [7, 11) is 0. The van der Waals surface area contributed by atoms with Gasteiger partial charge in [0.15, 0.2) is 0 Å². The summed E-state index contributed by atoms with van der Waals surface area (Å²) in [4.78, 5) is 11.7. The van der Waals surface area contributed by atoms with Gasteiger partial charge in [0, 0.05) is 17.8 Å². The molecule has 0 aliphatic carbocycles. The van der Waals surface area contributed by atoms with Crippen LogP contribution in [-0.2, 0) is 6.18 Å². The molecule has 7 heteroatoms. The highest BCUT2D eigenvalue weighted by Crippen LogP contribution is 2.32. The predicted molar refractivity (Wildman–Crippen MR) is 83.6 cm³/mol. The molecule has 4 N–H and O–H groups in total. The van der Waals surface area contributed by atoms with Crippen molar-refractivity contribution in [3.8, 4) is 0 Å². The molecule has 122 valence electrons. The van der Waals surface area contributed by atoms with Gasteiger partial charge in [0.2, 0.25) is 0 Å². The van der Waals surface area contributed by atoms with Gasteiger partial charge >= 0.3 is 6.18 Å². The van der Waals surface area contributed by atoms with Crippen LogP contribution in [-0.4, -0.2) is 12.5 Å². The molecule has 0 aromatic heterocycles. The Balaban J connectivity index is 2.22. The van der Waals surface area contributed by atoms with Crippen molar-refractivity contribution < 1.29 is 18.0 Å². The Hall–Kier alpha value is -2.70. The van der Waals surface area contributed by atoms with E-state index in [1.54, 1.807) is 19.1 Å². The standard InChI is InChI=1S/C16H16F3N3O/c1-2-21-15(23)10-6-7-14(13(20)8-10)22-12-5-3-4-11(9-12)16(17,18)19/h3-9,22H,2,20H2,1H3,(H,21,23). The van der Waals surface area contributed by atoms with Crippen molar-refractivity contribution in [1.82, 2.24) is 5.32 Å². The quantitative estimate of drug-likeness (QED) is 0.750. The van der Waals surface area contributed by atoms with E-state index in [1.165, 1.54) is 18.2 Å². The van der Waals surface area contributed by atoms with Crippen LogP contribution in [0.3, 0.4) is 0 Å². The van der Waals surface area contributed by atoms with E-state index in [1.807, 2.05) is 0 Å². The average molecular weight is 323 g/mol. The van der Waals surface area contributed by atoms with Crippen molar-refractivity contribution in [2.45, 2.75) is 13.1 Å². The van der Waals surface area contributed by atoms with Crippen LogP contribution in [0.1, 0.15) is 22.8 Å². The first kappa shape index (κ1) is 16.7. The number of nitrogen functional groups attached to an aromatic ring is 1. The SMILES string of the molecule is CCNC(=O)c1ccc(Nc2cccc(C(F)(F)F)c2)c(N)c1. The molecule has 0 aliphatic rings. The second-order valence-corrected chi connectivity index (χ2v) is 4.87. The lowest BCUT2D eigenvalue weighted by Crippen LogP contribution is -2.22. The summed E-state index contributed by atoms with van der Waals surface area (Å²) in [5.41, 5.74) is 6.46. The molecule has 0 aliphatic heterocycles. The van der Waals surface area contributed by atoms with Crippen molar-refractivity contribution in [3.05, 3.63) is 53.6 Å². The van der Waals surface area contributed by atoms with Crippen LogP contribution in [0.4, 0.5) is 30.2 Å². The lowest BCUT2D eigenvalue weighted by Gasteiger charge is -2.13. The van der Waals surface area contributed by atoms with Gasteiger partial charge in [-0.1, -0.05) is 6.07 Å². The second-order valence-electron chi connectivity index (χ2n) is 4.87. The van der Waals surface area contributed by atoms with Crippen molar-refractivity contribution in [2.75, 3.05) is 17.6 Å². The van der Waals surface area contributed by atoms with Crippen LogP contribution < -0.4 is 16.4 Å². The van der Waals surface area contributed by atoms with Crippen LogP contribution in [0.25, 0.3) is 0 Å². The zero-order valence-corrected chi connectivity index (χ0v) is 12.4. The fourth-order valence-electron chi connectivity index (χ4n) is 2.01. The summed E-state index contributed by atoms with van der Waals surface area (Å²) in [6, 6.07) is 9.39. The van der Waals surface area contributed by atoms with E-state index in [2.05, 4.69) is 10.6 Å². The molecular formula is C16H16F3N3O. The Bertz CT molecular complexity index is 714. The largest absolute Gasteiger partial charge is 0.416 e. The minimum atomic E-state index is -4.41. The molecule has 2 aromatic rings. The Morgan fingerprint density at radius 1 is 1.17 bits per heavy atom. The number of hydrogen-bond donors (Lipinski definition) is 3. The highest BCUT2D eigenvalue weighted by atomic mass is 19.4. The number of alkyl halides is 3. The number of amides is 1. The van der Waals surface area contributed by atoms with E-state index in [9.17, 15) is 18.0 Å². The Morgan fingerprint density at radius 3 is 2.52 bits per heavy atom. The van der Waals surface area contributed by atoms with Gasteiger partial charge in [-0.25, -0.2) is 0 Å². The number of nitrogens with two attached hydrogens (primary N) is 1. The first-order valence-corrected chi connectivity index (χ1v) is 6.93. The van der Waals surface area contributed by atoms with Gasteiger partial charge in [0.25, 0.3) is 5.91 Å². The third-order valence-corrected chi connectivity index (χ3v) is 3.12. The zero-order valence-electron chi connectivity index (χ0n) is 12.4. The van der Waals surface area contributed by atoms with Crippen molar-refractivity contribution in [1.29, 1.82) is 0 Å². The minimum absolute atomic E-state index is 0.259.